The molecule has 2 rings (SSSR count). The zero-order valence-electron chi connectivity index (χ0n) is 14.3. The molecule has 0 aliphatic rings. The molecule has 0 bridgehead atoms. The van der Waals surface area contributed by atoms with Crippen LogP contribution >= 0.6 is 0 Å². The molecule has 2 aromatic rings. The van der Waals surface area contributed by atoms with Gasteiger partial charge in [0, 0.05) is 34.4 Å². The fourth-order valence-corrected chi connectivity index (χ4v) is 3.50. The van der Waals surface area contributed by atoms with E-state index in [2.05, 4.69) is 0 Å². The molecule has 0 saturated heterocycles. The van der Waals surface area contributed by atoms with Crippen LogP contribution in [0.15, 0.2) is 36.4 Å². The summed E-state index contributed by atoms with van der Waals surface area (Å²) in [6.07, 6.45) is 0. The first-order chi connectivity index (χ1) is 11.6. The van der Waals surface area contributed by atoms with Crippen molar-refractivity contribution in [2.75, 3.05) is 28.4 Å². The molecule has 5 nitrogen and oxygen atoms in total. The van der Waals surface area contributed by atoms with Crippen LogP contribution in [-0.2, 0) is 22.3 Å². The summed E-state index contributed by atoms with van der Waals surface area (Å²) in [5.74, 6) is 3.56. The van der Waals surface area contributed by atoms with E-state index < -0.39 is 10.8 Å². The second-order valence-electron chi connectivity index (χ2n) is 5.17. The largest absolute Gasteiger partial charge is 0.497 e. The van der Waals surface area contributed by atoms with Gasteiger partial charge in [0.15, 0.2) is 0 Å². The summed E-state index contributed by atoms with van der Waals surface area (Å²) in [4.78, 5) is 0. The lowest BCUT2D eigenvalue weighted by Crippen LogP contribution is -2.01. The van der Waals surface area contributed by atoms with Gasteiger partial charge in [-0.25, -0.2) is 0 Å². The van der Waals surface area contributed by atoms with Crippen LogP contribution in [0, 0.1) is 0 Å². The van der Waals surface area contributed by atoms with Crippen molar-refractivity contribution in [1.82, 2.24) is 0 Å². The fourth-order valence-electron chi connectivity index (χ4n) is 2.32. The fraction of sp³-hybridized carbons (Fsp3) is 0.333. The molecule has 0 N–H and O–H groups in total. The van der Waals surface area contributed by atoms with E-state index in [-0.39, 0.29) is 0 Å². The Hall–Kier alpha value is -2.21. The van der Waals surface area contributed by atoms with Crippen LogP contribution in [0.1, 0.15) is 11.1 Å². The predicted molar refractivity (Wildman–Crippen MR) is 94.6 cm³/mol. The molecule has 6 heteroatoms. The molecule has 0 fully saturated rings. The smallest absolute Gasteiger partial charge is 0.122 e. The first kappa shape index (κ1) is 18.1. The SMILES string of the molecule is COc1cc(CS(=O)Cc2cc(OC)cc(OC)c2)cc(OC)c1. The second-order valence-corrected chi connectivity index (χ2v) is 6.63. The van der Waals surface area contributed by atoms with Crippen molar-refractivity contribution < 1.29 is 23.2 Å². The van der Waals surface area contributed by atoms with E-state index in [1.807, 2.05) is 24.3 Å². The number of methoxy groups -OCH3 is 4. The average Bonchev–Trinajstić information content (AvgIpc) is 2.60. The Morgan fingerprint density at radius 1 is 0.625 bits per heavy atom. The summed E-state index contributed by atoms with van der Waals surface area (Å²) in [6, 6.07) is 11.1. The van der Waals surface area contributed by atoms with Crippen molar-refractivity contribution >= 4 is 10.8 Å². The third kappa shape index (κ3) is 4.89. The Morgan fingerprint density at radius 3 is 1.17 bits per heavy atom. The number of rotatable bonds is 8. The van der Waals surface area contributed by atoms with Crippen LogP contribution in [0.4, 0.5) is 0 Å². The van der Waals surface area contributed by atoms with E-state index in [9.17, 15) is 4.21 Å². The molecular formula is C18H22O5S. The maximum Gasteiger partial charge on any atom is 0.122 e. The highest BCUT2D eigenvalue weighted by Gasteiger charge is 2.09. The number of benzene rings is 2. The Morgan fingerprint density at radius 2 is 0.917 bits per heavy atom. The third-order valence-electron chi connectivity index (χ3n) is 3.48. The zero-order chi connectivity index (χ0) is 17.5. The summed E-state index contributed by atoms with van der Waals surface area (Å²) >= 11 is 0. The second kappa shape index (κ2) is 8.59. The first-order valence-electron chi connectivity index (χ1n) is 7.36. The topological polar surface area (TPSA) is 54.0 Å². The van der Waals surface area contributed by atoms with Crippen molar-refractivity contribution in [2.45, 2.75) is 11.5 Å². The molecule has 0 heterocycles. The van der Waals surface area contributed by atoms with E-state index in [1.165, 1.54) is 0 Å². The van der Waals surface area contributed by atoms with E-state index in [0.29, 0.717) is 34.5 Å². The number of hydrogen-bond donors (Lipinski definition) is 0. The molecule has 24 heavy (non-hydrogen) atoms. The molecule has 0 unspecified atom stereocenters. The summed E-state index contributed by atoms with van der Waals surface area (Å²) < 4.78 is 33.5. The summed E-state index contributed by atoms with van der Waals surface area (Å²) in [6.45, 7) is 0. The highest BCUT2D eigenvalue weighted by molar-refractivity contribution is 7.83. The van der Waals surface area contributed by atoms with Crippen LogP contribution in [-0.4, -0.2) is 32.6 Å². The molecule has 0 amide bonds. The van der Waals surface area contributed by atoms with E-state index >= 15 is 0 Å². The monoisotopic (exact) mass is 350 g/mol. The molecule has 0 atom stereocenters. The quantitative estimate of drug-likeness (QED) is 0.732. The molecule has 0 saturated carbocycles. The van der Waals surface area contributed by atoms with E-state index in [0.717, 1.165) is 11.1 Å². The Bertz CT molecular complexity index is 611. The van der Waals surface area contributed by atoms with Gasteiger partial charge in [0.1, 0.15) is 23.0 Å². The predicted octanol–water partition coefficient (Wildman–Crippen LogP) is 3.17. The number of ether oxygens (including phenoxy) is 4. The minimum atomic E-state index is -1.09. The molecular weight excluding hydrogens is 328 g/mol. The lowest BCUT2D eigenvalue weighted by atomic mass is 10.2. The standard InChI is InChI=1S/C18H22O5S/c1-20-15-5-13(6-16(9-15)21-2)11-24(19)12-14-7-17(22-3)10-18(8-14)23-4/h5-10H,11-12H2,1-4H3. The summed E-state index contributed by atoms with van der Waals surface area (Å²) in [7, 11) is 5.30. The molecule has 2 aromatic carbocycles. The lowest BCUT2D eigenvalue weighted by Gasteiger charge is -2.10. The molecule has 0 radical (unpaired) electrons. The normalized spacial score (nSPS) is 10.5. The van der Waals surface area contributed by atoms with Gasteiger partial charge in [-0.15, -0.1) is 0 Å². The maximum absolute atomic E-state index is 12.5. The summed E-state index contributed by atoms with van der Waals surface area (Å²) in [5.41, 5.74) is 1.80. The van der Waals surface area contributed by atoms with Crippen LogP contribution in [0.5, 0.6) is 23.0 Å². The molecule has 0 spiro atoms. The molecule has 0 aliphatic carbocycles. The number of hydrogen-bond acceptors (Lipinski definition) is 5. The Labute approximate surface area is 145 Å². The van der Waals surface area contributed by atoms with Crippen molar-refractivity contribution in [3.63, 3.8) is 0 Å². The minimum absolute atomic E-state index is 0.410. The summed E-state index contributed by atoms with van der Waals surface area (Å²) in [5, 5.41) is 0. The highest BCUT2D eigenvalue weighted by atomic mass is 32.2. The minimum Gasteiger partial charge on any atom is -0.497 e. The van der Waals surface area contributed by atoms with Crippen LogP contribution in [0.25, 0.3) is 0 Å². The van der Waals surface area contributed by atoms with Crippen molar-refractivity contribution in [2.24, 2.45) is 0 Å². The van der Waals surface area contributed by atoms with Gasteiger partial charge in [0.05, 0.1) is 28.4 Å². The van der Waals surface area contributed by atoms with Crippen molar-refractivity contribution in [3.8, 4) is 23.0 Å². The van der Waals surface area contributed by atoms with Gasteiger partial charge in [0.25, 0.3) is 0 Å². The highest BCUT2D eigenvalue weighted by Crippen LogP contribution is 2.26. The first-order valence-corrected chi connectivity index (χ1v) is 8.85. The lowest BCUT2D eigenvalue weighted by molar-refractivity contribution is 0.393. The van der Waals surface area contributed by atoms with E-state index in [1.54, 1.807) is 40.6 Å². The van der Waals surface area contributed by atoms with Crippen molar-refractivity contribution in [1.29, 1.82) is 0 Å². The molecule has 130 valence electrons. The Kier molecular flexibility index (Phi) is 6.49. The molecule has 0 aliphatic heterocycles. The van der Waals surface area contributed by atoms with Crippen LogP contribution in [0.3, 0.4) is 0 Å². The third-order valence-corrected chi connectivity index (χ3v) is 4.79. The maximum atomic E-state index is 12.5. The van der Waals surface area contributed by atoms with Gasteiger partial charge in [0.2, 0.25) is 0 Å². The van der Waals surface area contributed by atoms with E-state index in [4.69, 9.17) is 18.9 Å². The van der Waals surface area contributed by atoms with Crippen molar-refractivity contribution in [3.05, 3.63) is 47.5 Å². The van der Waals surface area contributed by atoms with Gasteiger partial charge in [-0.2, -0.15) is 0 Å². The van der Waals surface area contributed by atoms with Crippen LogP contribution in [0.2, 0.25) is 0 Å². The van der Waals surface area contributed by atoms with Gasteiger partial charge in [-0.1, -0.05) is 0 Å². The zero-order valence-corrected chi connectivity index (χ0v) is 15.1. The van der Waals surface area contributed by atoms with Crippen LogP contribution < -0.4 is 18.9 Å². The van der Waals surface area contributed by atoms with Gasteiger partial charge >= 0.3 is 0 Å². The van der Waals surface area contributed by atoms with Gasteiger partial charge < -0.3 is 18.9 Å². The molecule has 0 aromatic heterocycles. The Balaban J connectivity index is 2.13. The van der Waals surface area contributed by atoms with Gasteiger partial charge in [-0.05, 0) is 35.4 Å². The van der Waals surface area contributed by atoms with Gasteiger partial charge in [-0.3, -0.25) is 4.21 Å². The average molecular weight is 350 g/mol.